The van der Waals surface area contributed by atoms with E-state index in [4.69, 9.17) is 4.99 Å². The van der Waals surface area contributed by atoms with Gasteiger partial charge in [0.15, 0.2) is 5.96 Å². The van der Waals surface area contributed by atoms with Gasteiger partial charge in [0.05, 0.1) is 6.54 Å². The molecular formula is C24H38IN5S. The molecule has 0 aliphatic carbocycles. The van der Waals surface area contributed by atoms with Crippen molar-refractivity contribution in [3.05, 3.63) is 57.8 Å². The smallest absolute Gasteiger partial charge is 0.191 e. The van der Waals surface area contributed by atoms with E-state index in [0.717, 1.165) is 25.6 Å². The molecule has 172 valence electrons. The largest absolute Gasteiger partial charge is 0.357 e. The van der Waals surface area contributed by atoms with Crippen LogP contribution < -0.4 is 10.6 Å². The topological polar surface area (TPSA) is 42.9 Å². The zero-order chi connectivity index (χ0) is 21.3. The van der Waals surface area contributed by atoms with Crippen molar-refractivity contribution in [2.75, 3.05) is 40.8 Å². The van der Waals surface area contributed by atoms with E-state index in [9.17, 15) is 0 Å². The first-order chi connectivity index (χ1) is 14.6. The van der Waals surface area contributed by atoms with Gasteiger partial charge in [-0.15, -0.1) is 35.3 Å². The van der Waals surface area contributed by atoms with E-state index in [1.54, 1.807) is 0 Å². The van der Waals surface area contributed by atoms with Crippen molar-refractivity contribution in [3.63, 3.8) is 0 Å². The predicted molar refractivity (Wildman–Crippen MR) is 144 cm³/mol. The van der Waals surface area contributed by atoms with Crippen LogP contribution in [0.1, 0.15) is 41.8 Å². The third kappa shape index (κ3) is 8.04. The minimum Gasteiger partial charge on any atom is -0.357 e. The summed E-state index contributed by atoms with van der Waals surface area (Å²) in [5.74, 6) is 1.50. The number of guanidine groups is 1. The summed E-state index contributed by atoms with van der Waals surface area (Å²) in [7, 11) is 6.46. The number of aliphatic imine (C=N–C) groups is 1. The summed E-state index contributed by atoms with van der Waals surface area (Å²) in [6.07, 6.45) is 2.52. The number of likely N-dealkylation sites (tertiary alicyclic amines) is 1. The Morgan fingerprint density at radius 1 is 1.19 bits per heavy atom. The SMILES string of the molecule is CCNC(=NCc1cccc(CN(C)C)c1)NCC1CCCN(C)C1c1cccs1.I. The molecule has 1 aromatic heterocycles. The first-order valence-corrected chi connectivity index (χ1v) is 11.9. The van der Waals surface area contributed by atoms with Gasteiger partial charge in [-0.1, -0.05) is 30.3 Å². The maximum atomic E-state index is 4.86. The van der Waals surface area contributed by atoms with Crippen molar-refractivity contribution >= 4 is 41.3 Å². The van der Waals surface area contributed by atoms with E-state index < -0.39 is 0 Å². The first kappa shape index (κ1) is 26.1. The second kappa shape index (κ2) is 13.4. The predicted octanol–water partition coefficient (Wildman–Crippen LogP) is 4.57. The van der Waals surface area contributed by atoms with Crippen LogP contribution >= 0.6 is 35.3 Å². The molecule has 5 nitrogen and oxygen atoms in total. The Bertz CT molecular complexity index is 793. The molecule has 1 aromatic carbocycles. The van der Waals surface area contributed by atoms with Gasteiger partial charge >= 0.3 is 0 Å². The standard InChI is InChI=1S/C24H37N5S.HI/c1-5-25-24(26-16-19-9-6-10-20(15-19)18-28(2)3)27-17-21-11-7-13-29(4)23(21)22-12-8-14-30-22;/h6,8-10,12,14-15,21,23H,5,7,11,13,16-18H2,1-4H3,(H2,25,26,27);1H. The average molecular weight is 556 g/mol. The Hall–Kier alpha value is -1.16. The highest BCUT2D eigenvalue weighted by molar-refractivity contribution is 14.0. The number of rotatable bonds is 8. The molecule has 1 aliphatic heterocycles. The molecule has 0 bridgehead atoms. The van der Waals surface area contributed by atoms with E-state index >= 15 is 0 Å². The number of benzene rings is 1. The van der Waals surface area contributed by atoms with Crippen molar-refractivity contribution in [1.82, 2.24) is 20.4 Å². The molecule has 2 aromatic rings. The van der Waals surface area contributed by atoms with E-state index in [-0.39, 0.29) is 24.0 Å². The first-order valence-electron chi connectivity index (χ1n) is 11.0. The minimum atomic E-state index is 0. The van der Waals surface area contributed by atoms with Crippen LogP contribution in [0.4, 0.5) is 0 Å². The van der Waals surface area contributed by atoms with Gasteiger partial charge in [-0.3, -0.25) is 4.90 Å². The van der Waals surface area contributed by atoms with Crippen LogP contribution in [0, 0.1) is 5.92 Å². The zero-order valence-corrected chi connectivity index (χ0v) is 22.5. The summed E-state index contributed by atoms with van der Waals surface area (Å²) < 4.78 is 0. The highest BCUT2D eigenvalue weighted by Gasteiger charge is 2.31. The van der Waals surface area contributed by atoms with Gasteiger partial charge in [-0.25, -0.2) is 4.99 Å². The van der Waals surface area contributed by atoms with Crippen molar-refractivity contribution in [2.24, 2.45) is 10.9 Å². The lowest BCUT2D eigenvalue weighted by Gasteiger charge is -2.39. The molecule has 1 saturated heterocycles. The van der Waals surface area contributed by atoms with Gasteiger partial charge in [0, 0.05) is 30.6 Å². The van der Waals surface area contributed by atoms with Crippen molar-refractivity contribution in [2.45, 2.75) is 38.9 Å². The molecule has 7 heteroatoms. The number of halogens is 1. The molecular weight excluding hydrogens is 517 g/mol. The van der Waals surface area contributed by atoms with Crippen LogP contribution in [-0.2, 0) is 13.1 Å². The van der Waals surface area contributed by atoms with Crippen LogP contribution in [0.3, 0.4) is 0 Å². The quantitative estimate of drug-likeness (QED) is 0.285. The molecule has 1 aliphatic rings. The third-order valence-electron chi connectivity index (χ3n) is 5.63. The summed E-state index contributed by atoms with van der Waals surface area (Å²) in [5.41, 5.74) is 2.58. The van der Waals surface area contributed by atoms with E-state index in [1.807, 2.05) is 11.3 Å². The fourth-order valence-corrected chi connectivity index (χ4v) is 5.30. The van der Waals surface area contributed by atoms with E-state index in [0.29, 0.717) is 18.5 Å². The lowest BCUT2D eigenvalue weighted by Crippen LogP contribution is -2.44. The van der Waals surface area contributed by atoms with Crippen LogP contribution in [0.2, 0.25) is 0 Å². The molecule has 0 amide bonds. The Morgan fingerprint density at radius 2 is 2.00 bits per heavy atom. The number of thiophene rings is 1. The molecule has 3 rings (SSSR count). The van der Waals surface area contributed by atoms with Gasteiger partial charge in [0.1, 0.15) is 0 Å². The lowest BCUT2D eigenvalue weighted by molar-refractivity contribution is 0.125. The van der Waals surface area contributed by atoms with Crippen LogP contribution in [0.25, 0.3) is 0 Å². The van der Waals surface area contributed by atoms with Gasteiger partial charge in [-0.05, 0) is 75.9 Å². The molecule has 0 spiro atoms. The molecule has 31 heavy (non-hydrogen) atoms. The average Bonchev–Trinajstić information content (AvgIpc) is 3.24. The van der Waals surface area contributed by atoms with Crippen LogP contribution in [0.15, 0.2) is 46.8 Å². The van der Waals surface area contributed by atoms with Crippen LogP contribution in [0.5, 0.6) is 0 Å². The molecule has 0 saturated carbocycles. The van der Waals surface area contributed by atoms with E-state index in [1.165, 1.54) is 35.4 Å². The van der Waals surface area contributed by atoms with Crippen molar-refractivity contribution in [3.8, 4) is 0 Å². The number of hydrogen-bond acceptors (Lipinski definition) is 4. The number of piperidine rings is 1. The molecule has 2 unspecified atom stereocenters. The number of hydrogen-bond donors (Lipinski definition) is 2. The Kier molecular flexibility index (Phi) is 11.3. The maximum absolute atomic E-state index is 4.86. The molecule has 2 N–H and O–H groups in total. The molecule has 0 radical (unpaired) electrons. The van der Waals surface area contributed by atoms with Crippen LogP contribution in [-0.4, -0.2) is 56.5 Å². The van der Waals surface area contributed by atoms with Gasteiger partial charge in [0.25, 0.3) is 0 Å². The fraction of sp³-hybridized carbons (Fsp3) is 0.542. The monoisotopic (exact) mass is 555 g/mol. The normalized spacial score (nSPS) is 19.8. The van der Waals surface area contributed by atoms with Gasteiger partial charge in [0.2, 0.25) is 0 Å². The summed E-state index contributed by atoms with van der Waals surface area (Å²) in [5, 5.41) is 9.24. The third-order valence-corrected chi connectivity index (χ3v) is 6.57. The Morgan fingerprint density at radius 3 is 2.71 bits per heavy atom. The Balaban J connectivity index is 0.00000341. The highest BCUT2D eigenvalue weighted by Crippen LogP contribution is 2.36. The summed E-state index contributed by atoms with van der Waals surface area (Å²) in [6.45, 7) is 6.75. The highest BCUT2D eigenvalue weighted by atomic mass is 127. The lowest BCUT2D eigenvalue weighted by atomic mass is 9.88. The second-order valence-corrected chi connectivity index (χ2v) is 9.46. The van der Waals surface area contributed by atoms with Gasteiger partial charge < -0.3 is 15.5 Å². The Labute approximate surface area is 209 Å². The molecule has 2 atom stereocenters. The summed E-state index contributed by atoms with van der Waals surface area (Å²) in [4.78, 5) is 11.1. The number of nitrogens with zero attached hydrogens (tertiary/aromatic N) is 3. The van der Waals surface area contributed by atoms with Crippen molar-refractivity contribution in [1.29, 1.82) is 0 Å². The number of nitrogens with one attached hydrogen (secondary N) is 2. The zero-order valence-electron chi connectivity index (χ0n) is 19.3. The maximum Gasteiger partial charge on any atom is 0.191 e. The van der Waals surface area contributed by atoms with Crippen molar-refractivity contribution < 1.29 is 0 Å². The second-order valence-electron chi connectivity index (χ2n) is 8.48. The van der Waals surface area contributed by atoms with Gasteiger partial charge in [-0.2, -0.15) is 0 Å². The summed E-state index contributed by atoms with van der Waals surface area (Å²) >= 11 is 1.88. The minimum absolute atomic E-state index is 0. The van der Waals surface area contributed by atoms with E-state index in [2.05, 4.69) is 90.3 Å². The summed E-state index contributed by atoms with van der Waals surface area (Å²) in [6, 6.07) is 13.7. The molecule has 2 heterocycles. The molecule has 1 fully saturated rings. The fourth-order valence-electron chi connectivity index (χ4n) is 4.31.